The summed E-state index contributed by atoms with van der Waals surface area (Å²) in [4.78, 5) is 0. The lowest BCUT2D eigenvalue weighted by Gasteiger charge is -2.23. The van der Waals surface area contributed by atoms with Crippen molar-refractivity contribution in [2.75, 3.05) is 14.2 Å². The molecule has 16 heavy (non-hydrogen) atoms. The molecule has 1 aliphatic rings. The maximum atomic E-state index is 6.24. The van der Waals surface area contributed by atoms with Crippen LogP contribution in [0, 0.1) is 5.41 Å². The summed E-state index contributed by atoms with van der Waals surface area (Å²) >= 11 is 0. The first-order chi connectivity index (χ1) is 7.49. The first-order valence-electron chi connectivity index (χ1n) is 5.50. The zero-order chi connectivity index (χ0) is 11.9. The largest absolute Gasteiger partial charge is 0.493 e. The summed E-state index contributed by atoms with van der Waals surface area (Å²) in [6, 6.07) is 4.12. The Kier molecular flexibility index (Phi) is 2.58. The molecule has 0 saturated carbocycles. The number of benzene rings is 1. The highest BCUT2D eigenvalue weighted by Gasteiger charge is 2.37. The SMILES string of the molecule is COc1cc2c(cc1OC)C(N)C(C)(C)C2. The van der Waals surface area contributed by atoms with E-state index in [2.05, 4.69) is 13.8 Å². The number of hydrogen-bond acceptors (Lipinski definition) is 3. The molecular formula is C13H19NO2. The zero-order valence-corrected chi connectivity index (χ0v) is 10.3. The highest BCUT2D eigenvalue weighted by molar-refractivity contribution is 5.51. The summed E-state index contributed by atoms with van der Waals surface area (Å²) < 4.78 is 10.6. The van der Waals surface area contributed by atoms with Crippen molar-refractivity contribution >= 4 is 0 Å². The van der Waals surface area contributed by atoms with Crippen molar-refractivity contribution in [1.82, 2.24) is 0 Å². The topological polar surface area (TPSA) is 44.5 Å². The van der Waals surface area contributed by atoms with Crippen molar-refractivity contribution in [2.24, 2.45) is 11.1 Å². The van der Waals surface area contributed by atoms with E-state index < -0.39 is 0 Å². The zero-order valence-electron chi connectivity index (χ0n) is 10.3. The number of ether oxygens (including phenoxy) is 2. The van der Waals surface area contributed by atoms with Gasteiger partial charge in [0.25, 0.3) is 0 Å². The number of rotatable bonds is 2. The van der Waals surface area contributed by atoms with Gasteiger partial charge in [-0.2, -0.15) is 0 Å². The fraction of sp³-hybridized carbons (Fsp3) is 0.538. The van der Waals surface area contributed by atoms with E-state index in [1.54, 1.807) is 14.2 Å². The van der Waals surface area contributed by atoms with E-state index >= 15 is 0 Å². The molecular weight excluding hydrogens is 202 g/mol. The van der Waals surface area contributed by atoms with Gasteiger partial charge in [-0.05, 0) is 35.1 Å². The molecule has 0 saturated heterocycles. The number of nitrogens with two attached hydrogens (primary N) is 1. The molecule has 1 unspecified atom stereocenters. The van der Waals surface area contributed by atoms with Gasteiger partial charge in [-0.15, -0.1) is 0 Å². The molecule has 1 aromatic rings. The average molecular weight is 221 g/mol. The second-order valence-electron chi connectivity index (χ2n) is 5.05. The van der Waals surface area contributed by atoms with Crippen molar-refractivity contribution in [2.45, 2.75) is 26.3 Å². The standard InChI is InChI=1S/C13H19NO2/c1-13(2)7-8-5-10(15-3)11(16-4)6-9(8)12(13)14/h5-6,12H,7,14H2,1-4H3. The van der Waals surface area contributed by atoms with Crippen LogP contribution in [0.3, 0.4) is 0 Å². The summed E-state index contributed by atoms with van der Waals surface area (Å²) in [5, 5.41) is 0. The van der Waals surface area contributed by atoms with Crippen LogP contribution in [0.25, 0.3) is 0 Å². The Hall–Kier alpha value is -1.22. The second-order valence-corrected chi connectivity index (χ2v) is 5.05. The third-order valence-corrected chi connectivity index (χ3v) is 3.47. The van der Waals surface area contributed by atoms with Crippen molar-refractivity contribution in [3.63, 3.8) is 0 Å². The lowest BCUT2D eigenvalue weighted by Crippen LogP contribution is -2.24. The maximum Gasteiger partial charge on any atom is 0.161 e. The van der Waals surface area contributed by atoms with Gasteiger partial charge in [-0.3, -0.25) is 0 Å². The Bertz CT molecular complexity index is 413. The van der Waals surface area contributed by atoms with Crippen LogP contribution in [0.15, 0.2) is 12.1 Å². The van der Waals surface area contributed by atoms with Crippen molar-refractivity contribution < 1.29 is 9.47 Å². The smallest absolute Gasteiger partial charge is 0.161 e. The molecule has 88 valence electrons. The van der Waals surface area contributed by atoms with Crippen LogP contribution in [0.2, 0.25) is 0 Å². The van der Waals surface area contributed by atoms with E-state index in [0.29, 0.717) is 0 Å². The van der Waals surface area contributed by atoms with Crippen LogP contribution in [-0.4, -0.2) is 14.2 Å². The van der Waals surface area contributed by atoms with Gasteiger partial charge >= 0.3 is 0 Å². The molecule has 1 atom stereocenters. The molecule has 0 fully saturated rings. The van der Waals surface area contributed by atoms with Crippen molar-refractivity contribution in [3.8, 4) is 11.5 Å². The Morgan fingerprint density at radius 3 is 2.31 bits per heavy atom. The Morgan fingerprint density at radius 2 is 1.75 bits per heavy atom. The molecule has 2 rings (SSSR count). The number of fused-ring (bicyclic) bond motifs is 1. The van der Waals surface area contributed by atoms with Gasteiger partial charge in [0.1, 0.15) is 0 Å². The molecule has 0 aromatic heterocycles. The molecule has 1 aliphatic carbocycles. The normalized spacial score (nSPS) is 21.7. The van der Waals surface area contributed by atoms with Crippen LogP contribution >= 0.6 is 0 Å². The predicted molar refractivity (Wildman–Crippen MR) is 64.0 cm³/mol. The third-order valence-electron chi connectivity index (χ3n) is 3.47. The van der Waals surface area contributed by atoms with E-state index in [1.807, 2.05) is 12.1 Å². The van der Waals surface area contributed by atoms with Gasteiger partial charge in [0, 0.05) is 6.04 Å². The van der Waals surface area contributed by atoms with Crippen molar-refractivity contribution in [3.05, 3.63) is 23.3 Å². The molecule has 0 aliphatic heterocycles. The lowest BCUT2D eigenvalue weighted by molar-refractivity contribution is 0.318. The van der Waals surface area contributed by atoms with E-state index in [-0.39, 0.29) is 11.5 Å². The van der Waals surface area contributed by atoms with E-state index in [4.69, 9.17) is 15.2 Å². The minimum Gasteiger partial charge on any atom is -0.493 e. The van der Waals surface area contributed by atoms with E-state index in [0.717, 1.165) is 17.9 Å². The van der Waals surface area contributed by atoms with Gasteiger partial charge in [-0.1, -0.05) is 13.8 Å². The van der Waals surface area contributed by atoms with E-state index in [9.17, 15) is 0 Å². The molecule has 3 heteroatoms. The quantitative estimate of drug-likeness (QED) is 0.833. The first kappa shape index (κ1) is 11.3. The molecule has 0 spiro atoms. The molecule has 0 amide bonds. The van der Waals surface area contributed by atoms with Crippen LogP contribution < -0.4 is 15.2 Å². The summed E-state index contributed by atoms with van der Waals surface area (Å²) in [6.07, 6.45) is 0.990. The first-order valence-corrected chi connectivity index (χ1v) is 5.50. The third kappa shape index (κ3) is 1.55. The predicted octanol–water partition coefficient (Wildman–Crippen LogP) is 2.29. The van der Waals surface area contributed by atoms with Crippen LogP contribution in [-0.2, 0) is 6.42 Å². The van der Waals surface area contributed by atoms with Gasteiger partial charge in [0.15, 0.2) is 11.5 Å². The summed E-state index contributed by atoms with van der Waals surface area (Å²) in [7, 11) is 3.31. The number of hydrogen-bond donors (Lipinski definition) is 1. The molecule has 2 N–H and O–H groups in total. The van der Waals surface area contributed by atoms with E-state index in [1.165, 1.54) is 11.1 Å². The molecule has 0 bridgehead atoms. The minimum atomic E-state index is 0.0716. The highest BCUT2D eigenvalue weighted by atomic mass is 16.5. The molecule has 3 nitrogen and oxygen atoms in total. The van der Waals surface area contributed by atoms with Crippen LogP contribution in [0.4, 0.5) is 0 Å². The monoisotopic (exact) mass is 221 g/mol. The van der Waals surface area contributed by atoms with Crippen LogP contribution in [0.5, 0.6) is 11.5 Å². The molecule has 0 radical (unpaired) electrons. The Labute approximate surface area is 96.5 Å². The molecule has 1 aromatic carbocycles. The molecule has 0 heterocycles. The summed E-state index contributed by atoms with van der Waals surface area (Å²) in [5.74, 6) is 1.54. The lowest BCUT2D eigenvalue weighted by atomic mass is 9.86. The summed E-state index contributed by atoms with van der Waals surface area (Å²) in [6.45, 7) is 4.38. The Morgan fingerprint density at radius 1 is 1.19 bits per heavy atom. The van der Waals surface area contributed by atoms with Crippen LogP contribution in [0.1, 0.15) is 31.0 Å². The minimum absolute atomic E-state index is 0.0716. The van der Waals surface area contributed by atoms with Gasteiger partial charge in [0.2, 0.25) is 0 Å². The van der Waals surface area contributed by atoms with Crippen molar-refractivity contribution in [1.29, 1.82) is 0 Å². The van der Waals surface area contributed by atoms with Gasteiger partial charge in [-0.25, -0.2) is 0 Å². The Balaban J connectivity index is 2.51. The fourth-order valence-corrected chi connectivity index (χ4v) is 2.40. The van der Waals surface area contributed by atoms with Gasteiger partial charge in [0.05, 0.1) is 14.2 Å². The maximum absolute atomic E-state index is 6.24. The number of methoxy groups -OCH3 is 2. The fourth-order valence-electron chi connectivity index (χ4n) is 2.40. The second kappa shape index (κ2) is 3.67. The highest BCUT2D eigenvalue weighted by Crippen LogP contribution is 2.46. The van der Waals surface area contributed by atoms with Gasteiger partial charge < -0.3 is 15.2 Å². The average Bonchev–Trinajstić information content (AvgIpc) is 2.48. The summed E-state index contributed by atoms with van der Waals surface area (Å²) in [5.41, 5.74) is 8.81.